The van der Waals surface area contributed by atoms with E-state index in [1.54, 1.807) is 0 Å². The smallest absolute Gasteiger partial charge is 0.364 e. The third-order valence-electron chi connectivity index (χ3n) is 15.1. The van der Waals surface area contributed by atoms with E-state index < -0.39 is 266 Å². The minimum Gasteiger partial charge on any atom is -0.477 e. The van der Waals surface area contributed by atoms with E-state index >= 15 is 0 Å². The maximum absolute atomic E-state index is 13.4. The Kier molecular flexibility index (Phi) is 25.8. The van der Waals surface area contributed by atoms with Crippen LogP contribution in [-0.4, -0.2) is 363 Å². The van der Waals surface area contributed by atoms with Gasteiger partial charge >= 0.3 is 5.97 Å². The number of carboxylic acid groups (broad SMARTS) is 1. The van der Waals surface area contributed by atoms with Gasteiger partial charge in [-0.1, -0.05) is 0 Å². The van der Waals surface area contributed by atoms with Gasteiger partial charge in [-0.2, -0.15) is 0 Å². The number of nitrogens with one attached hydrogen (secondary N) is 3. The number of aliphatic hydroxyl groups excluding tert-OH is 18. The molecular weight excluding hydrogens is 1170 g/mol. The summed E-state index contributed by atoms with van der Waals surface area (Å²) >= 11 is 0. The van der Waals surface area contributed by atoms with E-state index in [0.29, 0.717) is 0 Å². The van der Waals surface area contributed by atoms with E-state index in [4.69, 9.17) is 56.8 Å². The molecule has 0 unspecified atom stereocenters. The summed E-state index contributed by atoms with van der Waals surface area (Å²) in [6, 6.07) is -4.81. The molecule has 0 radical (unpaired) electrons. The van der Waals surface area contributed by atoms with Gasteiger partial charge in [0.15, 0.2) is 31.5 Å². The fraction of sp³-hybridized carbons (Fsp3) is 0.915. The molecule has 6 aliphatic rings. The van der Waals surface area contributed by atoms with Gasteiger partial charge in [0, 0.05) is 20.3 Å². The number of carbonyl (C=O) groups excluding carboxylic acids is 3. The zero-order valence-corrected chi connectivity index (χ0v) is 45.7. The van der Waals surface area contributed by atoms with Crippen LogP contribution in [-0.2, 0) is 76.0 Å². The van der Waals surface area contributed by atoms with Crippen molar-refractivity contribution in [1.29, 1.82) is 0 Å². The molecule has 6 fully saturated rings. The van der Waals surface area contributed by atoms with Crippen LogP contribution in [0.5, 0.6) is 0 Å². The Balaban J connectivity index is 1.44. The summed E-state index contributed by atoms with van der Waals surface area (Å²) in [6.07, 6.45) is -58.8. The molecule has 6 saturated heterocycles. The summed E-state index contributed by atoms with van der Waals surface area (Å²) < 4.78 is 70.6. The van der Waals surface area contributed by atoms with E-state index in [1.807, 2.05) is 0 Å². The van der Waals surface area contributed by atoms with Crippen molar-refractivity contribution in [3.8, 4) is 0 Å². The lowest BCUT2D eigenvalue weighted by molar-refractivity contribution is -0.396. The first kappa shape index (κ1) is 70.8. The number of aliphatic hydroxyl groups is 18. The van der Waals surface area contributed by atoms with E-state index in [0.717, 1.165) is 13.8 Å². The quantitative estimate of drug-likeness (QED) is 0.0358. The highest BCUT2D eigenvalue weighted by Crippen LogP contribution is 2.40. The zero-order valence-electron chi connectivity index (χ0n) is 45.7. The molecule has 6 aliphatic heterocycles. The minimum atomic E-state index is -3.21. The summed E-state index contributed by atoms with van der Waals surface area (Å²) in [4.78, 5) is 50.0. The molecule has 38 nitrogen and oxygen atoms in total. The fourth-order valence-corrected chi connectivity index (χ4v) is 10.4. The Bertz CT molecular complexity index is 2130. The van der Waals surface area contributed by atoms with E-state index in [2.05, 4.69) is 16.0 Å². The normalized spacial score (nSPS) is 45.4. The lowest BCUT2D eigenvalue weighted by atomic mass is 9.88. The van der Waals surface area contributed by atoms with Crippen molar-refractivity contribution < 1.29 is 173 Å². The molecule has 85 heavy (non-hydrogen) atoms. The van der Waals surface area contributed by atoms with Gasteiger partial charge < -0.3 is 170 Å². The number of carbonyl (C=O) groups is 4. The molecule has 6 rings (SSSR count). The SMILES string of the molecule is CC(=O)N[C@H]1[C@H](O[C@H]2[C@@H](O)[C@@H](CO)O[C@@H](O[C@H]3[C@H](O)[C@@H](O)[C@H](OC[C@@H](CO)NC=O)O[C@@H]3CO)[C@@H]2O)O[C@H](CO[C@]2(C(=O)O)C[C@H](O)[C@@H](NC(C)=O)[C@H]([C@H](O)[C@H](O)CO)O2)[C@@H](O[C@@H]2O[C@@H](C)[C@@H](O)[C@@H](O)[C@@H]2O)[C@@H]1O[C@@H]1O[C@H](CO)[C@H](O)[C@H](O)[C@H]1O. The third kappa shape index (κ3) is 16.0. The summed E-state index contributed by atoms with van der Waals surface area (Å²) in [5.74, 6) is -7.18. The molecule has 3 amide bonds. The van der Waals surface area contributed by atoms with E-state index in [1.165, 1.54) is 6.92 Å². The first-order chi connectivity index (χ1) is 40.1. The van der Waals surface area contributed by atoms with Gasteiger partial charge in [0.25, 0.3) is 5.79 Å². The van der Waals surface area contributed by atoms with E-state index in [-0.39, 0.29) is 6.41 Å². The van der Waals surface area contributed by atoms with Crippen LogP contribution in [0.1, 0.15) is 27.2 Å². The number of ether oxygens (including phenoxy) is 12. The van der Waals surface area contributed by atoms with Crippen molar-refractivity contribution in [2.24, 2.45) is 0 Å². The van der Waals surface area contributed by atoms with Gasteiger partial charge in [0.1, 0.15) is 134 Å². The molecule has 0 aromatic heterocycles. The van der Waals surface area contributed by atoms with Crippen LogP contribution < -0.4 is 16.0 Å². The Morgan fingerprint density at radius 1 is 0.565 bits per heavy atom. The summed E-state index contributed by atoms with van der Waals surface area (Å²) in [5.41, 5.74) is 0. The lowest BCUT2D eigenvalue weighted by Gasteiger charge is -2.52. The largest absolute Gasteiger partial charge is 0.477 e. The highest BCUT2D eigenvalue weighted by Gasteiger charge is 2.61. The zero-order chi connectivity index (χ0) is 63.1. The van der Waals surface area contributed by atoms with E-state index in [9.17, 15) is 116 Å². The predicted molar refractivity (Wildman–Crippen MR) is 262 cm³/mol. The second kappa shape index (κ2) is 30.9. The average Bonchev–Trinajstić information content (AvgIpc) is 2.20. The van der Waals surface area contributed by atoms with Crippen molar-refractivity contribution in [2.75, 3.05) is 46.2 Å². The molecule has 0 aliphatic carbocycles. The first-order valence-electron chi connectivity index (χ1n) is 26.8. The van der Waals surface area contributed by atoms with Gasteiger partial charge in [0.2, 0.25) is 18.2 Å². The van der Waals surface area contributed by atoms with Gasteiger partial charge in [-0.25, -0.2) is 4.79 Å². The maximum Gasteiger partial charge on any atom is 0.364 e. The molecule has 6 heterocycles. The highest BCUT2D eigenvalue weighted by atomic mass is 16.8. The molecule has 0 aromatic rings. The third-order valence-corrected chi connectivity index (χ3v) is 15.1. The molecule has 0 spiro atoms. The molecule has 492 valence electrons. The van der Waals surface area contributed by atoms with Gasteiger partial charge in [-0.3, -0.25) is 14.4 Å². The van der Waals surface area contributed by atoms with Crippen molar-refractivity contribution in [3.05, 3.63) is 0 Å². The van der Waals surface area contributed by atoms with Crippen LogP contribution in [0.2, 0.25) is 0 Å². The summed E-state index contributed by atoms with van der Waals surface area (Å²) in [6.45, 7) is -3.72. The van der Waals surface area contributed by atoms with Crippen molar-refractivity contribution in [3.63, 3.8) is 0 Å². The van der Waals surface area contributed by atoms with Gasteiger partial charge in [-0.05, 0) is 6.92 Å². The number of hydrogen-bond donors (Lipinski definition) is 22. The van der Waals surface area contributed by atoms with Crippen molar-refractivity contribution in [1.82, 2.24) is 16.0 Å². The number of rotatable bonds is 26. The molecule has 0 aromatic carbocycles. The summed E-state index contributed by atoms with van der Waals surface area (Å²) in [7, 11) is 0. The Labute approximate surface area is 481 Å². The molecule has 32 atom stereocenters. The lowest BCUT2D eigenvalue weighted by Crippen LogP contribution is -2.72. The molecule has 38 heteroatoms. The van der Waals surface area contributed by atoms with Crippen LogP contribution in [0.4, 0.5) is 0 Å². The second-order valence-electron chi connectivity index (χ2n) is 21.2. The Hall–Kier alpha value is -3.32. The monoisotopic (exact) mass is 1250 g/mol. The molecular formula is C47H79N3O35. The number of carboxylic acids is 1. The number of amides is 3. The predicted octanol–water partition coefficient (Wildman–Crippen LogP) is -14.4. The maximum atomic E-state index is 13.4. The molecule has 0 saturated carbocycles. The van der Waals surface area contributed by atoms with Crippen LogP contribution in [0.3, 0.4) is 0 Å². The standard InChI is InChI=1S/C47H79N3O35/c1-13-25(61)29(65)32(68)43(76-13)82-37-22(11-75-47(46(72)73)4-17(59)23(49-14(2)57)38(85-47)26(62)18(60)6-52)80-41(24(50-15(3)58)39(37)83-44-33(69)30(66)27(63)19(7-53)77-44)84-40-28(64)20(8-54)78-45(35(40)71)81-36-21(9-55)79-42(34(70)31(36)67)74-10-16(5-51)48-12-56/h12-13,16-45,51-55,59-71H,4-11H2,1-3H3,(H,48,56)(H,49,57)(H,50,58)(H,72,73)/t13-,16+,17-,18+,19+,20+,21+,22+,23+,24+,25+,26+,27-,28-,29+,30-,31+,32-,33+,34+,35+,36+,37+,38+,39+,40-,41-,42+,43-,44-,45-,47+/m0/s1. The topological polar surface area (TPSA) is 600 Å². The van der Waals surface area contributed by atoms with Gasteiger partial charge in [-0.15, -0.1) is 0 Å². The minimum absolute atomic E-state index is 0.247. The molecule has 0 bridgehead atoms. The highest BCUT2D eigenvalue weighted by molar-refractivity contribution is 5.76. The van der Waals surface area contributed by atoms with Gasteiger partial charge in [0.05, 0.1) is 70.5 Å². The first-order valence-corrected chi connectivity index (χ1v) is 26.8. The van der Waals surface area contributed by atoms with Crippen LogP contribution >= 0.6 is 0 Å². The van der Waals surface area contributed by atoms with Crippen LogP contribution in [0, 0.1) is 0 Å². The Morgan fingerprint density at radius 3 is 1.64 bits per heavy atom. The average molecular weight is 1250 g/mol. The fourth-order valence-electron chi connectivity index (χ4n) is 10.4. The summed E-state index contributed by atoms with van der Waals surface area (Å²) in [5, 5.41) is 213. The number of aliphatic carboxylic acids is 1. The van der Waals surface area contributed by atoms with Crippen LogP contribution in [0.15, 0.2) is 0 Å². The Morgan fingerprint density at radius 2 is 1.07 bits per heavy atom. The second-order valence-corrected chi connectivity index (χ2v) is 21.2. The number of hydrogen-bond acceptors (Lipinski definition) is 34. The molecule has 22 N–H and O–H groups in total. The van der Waals surface area contributed by atoms with Crippen molar-refractivity contribution >= 4 is 24.2 Å². The van der Waals surface area contributed by atoms with Crippen molar-refractivity contribution in [2.45, 2.75) is 223 Å². The van der Waals surface area contributed by atoms with Crippen LogP contribution in [0.25, 0.3) is 0 Å².